The number of aliphatic hydroxyl groups excluding tert-OH is 1. The Bertz CT molecular complexity index is 706. The third-order valence-corrected chi connectivity index (χ3v) is 6.71. The molecule has 1 aliphatic heterocycles. The van der Waals surface area contributed by atoms with Gasteiger partial charge in [0.2, 0.25) is 11.9 Å². The van der Waals surface area contributed by atoms with Crippen molar-refractivity contribution in [1.29, 1.82) is 0 Å². The summed E-state index contributed by atoms with van der Waals surface area (Å²) >= 11 is 0. The van der Waals surface area contributed by atoms with Gasteiger partial charge >= 0.3 is 0 Å². The highest BCUT2D eigenvalue weighted by Gasteiger charge is 2.36. The molecule has 1 aromatic rings. The standard InChI is InChI=1S/C22H34N4O2/c1-22(2)12-18(24-20(28)15-6-4-3-5-7-15)17-14-23-21(25-19(17)13-22)26-10-8-16(27)9-11-26/h14-16,18,27H,3-13H2,1-2H3,(H,24,28)/t18-/m0/s1. The Balaban J connectivity index is 1.53. The fourth-order valence-electron chi connectivity index (χ4n) is 5.04. The van der Waals surface area contributed by atoms with E-state index in [0.29, 0.717) is 0 Å². The zero-order chi connectivity index (χ0) is 19.7. The van der Waals surface area contributed by atoms with Crippen molar-refractivity contribution in [3.8, 4) is 0 Å². The summed E-state index contributed by atoms with van der Waals surface area (Å²) in [6, 6.07) is 0.00500. The van der Waals surface area contributed by atoms with Gasteiger partial charge in [-0.05, 0) is 43.9 Å². The average molecular weight is 387 g/mol. The van der Waals surface area contributed by atoms with Crippen LogP contribution in [0.2, 0.25) is 0 Å². The molecule has 4 rings (SSSR count). The molecule has 28 heavy (non-hydrogen) atoms. The molecule has 1 amide bonds. The largest absolute Gasteiger partial charge is 0.393 e. The Kier molecular flexibility index (Phi) is 5.59. The van der Waals surface area contributed by atoms with Crippen molar-refractivity contribution in [2.24, 2.45) is 11.3 Å². The van der Waals surface area contributed by atoms with Crippen LogP contribution in [0.3, 0.4) is 0 Å². The minimum absolute atomic E-state index is 0.00500. The highest BCUT2D eigenvalue weighted by molar-refractivity contribution is 5.79. The smallest absolute Gasteiger partial charge is 0.225 e. The third-order valence-electron chi connectivity index (χ3n) is 6.71. The number of nitrogens with zero attached hydrogens (tertiary/aromatic N) is 3. The van der Waals surface area contributed by atoms with E-state index in [1.54, 1.807) is 0 Å². The van der Waals surface area contributed by atoms with Crippen LogP contribution in [0.4, 0.5) is 5.95 Å². The predicted molar refractivity (Wildman–Crippen MR) is 109 cm³/mol. The Hall–Kier alpha value is -1.69. The van der Waals surface area contributed by atoms with Crippen molar-refractivity contribution >= 4 is 11.9 Å². The number of hydrogen-bond acceptors (Lipinski definition) is 5. The van der Waals surface area contributed by atoms with Gasteiger partial charge in [-0.2, -0.15) is 0 Å². The Morgan fingerprint density at radius 2 is 1.89 bits per heavy atom. The zero-order valence-corrected chi connectivity index (χ0v) is 17.3. The molecule has 2 fully saturated rings. The van der Waals surface area contributed by atoms with Crippen molar-refractivity contribution in [2.75, 3.05) is 18.0 Å². The van der Waals surface area contributed by atoms with Crippen LogP contribution in [0.15, 0.2) is 6.20 Å². The van der Waals surface area contributed by atoms with Crippen LogP contribution < -0.4 is 10.2 Å². The highest BCUT2D eigenvalue weighted by Crippen LogP contribution is 2.40. The number of rotatable bonds is 3. The molecule has 1 atom stereocenters. The third kappa shape index (κ3) is 4.32. The zero-order valence-electron chi connectivity index (χ0n) is 17.3. The first-order valence-corrected chi connectivity index (χ1v) is 11.0. The van der Waals surface area contributed by atoms with E-state index in [2.05, 4.69) is 29.0 Å². The van der Waals surface area contributed by atoms with Crippen LogP contribution in [0.5, 0.6) is 0 Å². The molecule has 0 spiro atoms. The minimum atomic E-state index is -0.202. The number of fused-ring (bicyclic) bond motifs is 1. The quantitative estimate of drug-likeness (QED) is 0.834. The number of carbonyl (C=O) groups excluding carboxylic acids is 1. The topological polar surface area (TPSA) is 78.3 Å². The van der Waals surface area contributed by atoms with Gasteiger partial charge in [0.15, 0.2) is 0 Å². The first-order valence-electron chi connectivity index (χ1n) is 11.0. The van der Waals surface area contributed by atoms with Crippen LogP contribution in [-0.2, 0) is 11.2 Å². The van der Waals surface area contributed by atoms with Gasteiger partial charge in [-0.15, -0.1) is 0 Å². The lowest BCUT2D eigenvalue weighted by atomic mass is 9.74. The number of anilines is 1. The number of nitrogens with one attached hydrogen (secondary N) is 1. The van der Waals surface area contributed by atoms with E-state index in [1.807, 2.05) is 6.20 Å². The molecule has 1 aromatic heterocycles. The van der Waals surface area contributed by atoms with Crippen molar-refractivity contribution in [2.45, 2.75) is 83.8 Å². The summed E-state index contributed by atoms with van der Waals surface area (Å²) in [5.74, 6) is 1.14. The van der Waals surface area contributed by atoms with Crippen LogP contribution in [0.25, 0.3) is 0 Å². The van der Waals surface area contributed by atoms with Gasteiger partial charge in [0.1, 0.15) is 0 Å². The fourth-order valence-corrected chi connectivity index (χ4v) is 5.04. The maximum absolute atomic E-state index is 12.8. The van der Waals surface area contributed by atoms with E-state index in [9.17, 15) is 9.90 Å². The van der Waals surface area contributed by atoms with E-state index >= 15 is 0 Å². The number of hydrogen-bond donors (Lipinski definition) is 2. The fraction of sp³-hybridized carbons (Fsp3) is 0.773. The number of aromatic nitrogens is 2. The Labute approximate surface area is 168 Å². The van der Waals surface area contributed by atoms with Crippen molar-refractivity contribution in [1.82, 2.24) is 15.3 Å². The van der Waals surface area contributed by atoms with Crippen LogP contribution in [0, 0.1) is 11.3 Å². The molecule has 1 saturated carbocycles. The van der Waals surface area contributed by atoms with E-state index < -0.39 is 0 Å². The second-order valence-corrected chi connectivity index (χ2v) is 9.73. The number of piperidine rings is 1. The summed E-state index contributed by atoms with van der Waals surface area (Å²) in [6.07, 6.45) is 10.7. The molecular weight excluding hydrogens is 352 g/mol. The molecule has 2 N–H and O–H groups in total. The molecule has 0 radical (unpaired) electrons. The normalized spacial score (nSPS) is 26.0. The van der Waals surface area contributed by atoms with Crippen molar-refractivity contribution in [3.63, 3.8) is 0 Å². The summed E-state index contributed by atoms with van der Waals surface area (Å²) in [4.78, 5) is 24.6. The lowest BCUT2D eigenvalue weighted by Crippen LogP contribution is -2.41. The van der Waals surface area contributed by atoms with Gasteiger partial charge in [-0.25, -0.2) is 9.97 Å². The second kappa shape index (κ2) is 7.97. The van der Waals surface area contributed by atoms with Gasteiger partial charge in [0.05, 0.1) is 17.8 Å². The molecule has 154 valence electrons. The monoisotopic (exact) mass is 386 g/mol. The maximum atomic E-state index is 12.8. The van der Waals surface area contributed by atoms with Crippen molar-refractivity contribution < 1.29 is 9.90 Å². The van der Waals surface area contributed by atoms with Crippen LogP contribution in [0.1, 0.15) is 82.5 Å². The molecule has 6 heteroatoms. The number of carbonyl (C=O) groups is 1. The molecule has 2 heterocycles. The maximum Gasteiger partial charge on any atom is 0.225 e. The lowest BCUT2D eigenvalue weighted by Gasteiger charge is -2.38. The highest BCUT2D eigenvalue weighted by atomic mass is 16.3. The summed E-state index contributed by atoms with van der Waals surface area (Å²) in [5, 5.41) is 13.1. The summed E-state index contributed by atoms with van der Waals surface area (Å²) < 4.78 is 0. The molecule has 3 aliphatic rings. The SMILES string of the molecule is CC1(C)Cc2nc(N3CCC(O)CC3)ncc2[C@@H](NC(=O)C2CCCCC2)C1. The molecular formula is C22H34N4O2. The van der Waals surface area contributed by atoms with E-state index in [0.717, 1.165) is 68.8 Å². The van der Waals surface area contributed by atoms with Crippen LogP contribution >= 0.6 is 0 Å². The van der Waals surface area contributed by atoms with E-state index in [-0.39, 0.29) is 29.4 Å². The molecule has 0 aromatic carbocycles. The molecule has 2 aliphatic carbocycles. The Morgan fingerprint density at radius 3 is 2.61 bits per heavy atom. The number of amides is 1. The first-order chi connectivity index (χ1) is 13.4. The summed E-state index contributed by atoms with van der Waals surface area (Å²) in [7, 11) is 0. The van der Waals surface area contributed by atoms with Gasteiger partial charge in [0, 0.05) is 30.8 Å². The van der Waals surface area contributed by atoms with Crippen LogP contribution in [-0.4, -0.2) is 40.2 Å². The lowest BCUT2D eigenvalue weighted by molar-refractivity contribution is -0.127. The van der Waals surface area contributed by atoms with Gasteiger partial charge in [-0.3, -0.25) is 4.79 Å². The van der Waals surface area contributed by atoms with Crippen molar-refractivity contribution in [3.05, 3.63) is 17.5 Å². The predicted octanol–water partition coefficient (Wildman–Crippen LogP) is 3.15. The van der Waals surface area contributed by atoms with Gasteiger partial charge < -0.3 is 15.3 Å². The molecule has 6 nitrogen and oxygen atoms in total. The van der Waals surface area contributed by atoms with E-state index in [4.69, 9.17) is 4.98 Å². The van der Waals surface area contributed by atoms with E-state index in [1.165, 1.54) is 19.3 Å². The summed E-state index contributed by atoms with van der Waals surface area (Å²) in [6.45, 7) is 6.11. The van der Waals surface area contributed by atoms with Gasteiger partial charge in [-0.1, -0.05) is 33.1 Å². The second-order valence-electron chi connectivity index (χ2n) is 9.73. The average Bonchev–Trinajstić information content (AvgIpc) is 2.68. The number of aliphatic hydroxyl groups is 1. The van der Waals surface area contributed by atoms with Gasteiger partial charge in [0.25, 0.3) is 0 Å². The Morgan fingerprint density at radius 1 is 1.18 bits per heavy atom. The summed E-state index contributed by atoms with van der Waals surface area (Å²) in [5.41, 5.74) is 2.26. The first kappa shape index (κ1) is 19.6. The molecule has 0 bridgehead atoms. The molecule has 0 unspecified atom stereocenters. The molecule has 1 saturated heterocycles. The minimum Gasteiger partial charge on any atom is -0.393 e.